The van der Waals surface area contributed by atoms with Gasteiger partial charge in [0.25, 0.3) is 16.0 Å². The minimum absolute atomic E-state index is 0.147. The molecule has 9 nitrogen and oxygen atoms in total. The molecule has 0 radical (unpaired) electrons. The fraction of sp³-hybridized carbons (Fsp3) is 0.353. The second kappa shape index (κ2) is 9.16. The first-order valence-corrected chi connectivity index (χ1v) is 9.75. The maximum Gasteiger partial charge on any atom is 0.294 e. The van der Waals surface area contributed by atoms with Crippen molar-refractivity contribution in [3.05, 3.63) is 36.0 Å². The molecule has 0 bridgehead atoms. The van der Waals surface area contributed by atoms with Crippen LogP contribution in [0, 0.1) is 11.3 Å². The van der Waals surface area contributed by atoms with E-state index in [2.05, 4.69) is 10.6 Å². The lowest BCUT2D eigenvalue weighted by molar-refractivity contribution is -0.127. The van der Waals surface area contributed by atoms with Crippen molar-refractivity contribution in [3.63, 3.8) is 0 Å². The molecule has 1 aromatic rings. The summed E-state index contributed by atoms with van der Waals surface area (Å²) < 4.78 is 30.9. The van der Waals surface area contributed by atoms with Gasteiger partial charge in [-0.05, 0) is 37.1 Å². The molecule has 10 heteroatoms. The number of nitrogens with zero attached hydrogens (tertiary/aromatic N) is 2. The van der Waals surface area contributed by atoms with Crippen LogP contribution < -0.4 is 10.6 Å². The molecule has 1 saturated heterocycles. The van der Waals surface area contributed by atoms with E-state index in [9.17, 15) is 18.0 Å². The zero-order valence-electron chi connectivity index (χ0n) is 14.5. The van der Waals surface area contributed by atoms with E-state index >= 15 is 0 Å². The molecule has 1 aliphatic rings. The summed E-state index contributed by atoms with van der Waals surface area (Å²) in [5, 5.41) is 14.4. The third-order valence-corrected chi connectivity index (χ3v) is 4.81. The van der Waals surface area contributed by atoms with E-state index in [1.165, 1.54) is 18.3 Å². The maximum atomic E-state index is 12.1. The molecular formula is C17H20N4O5S. The number of rotatable bonds is 8. The van der Waals surface area contributed by atoms with Gasteiger partial charge in [0.1, 0.15) is 11.6 Å². The van der Waals surface area contributed by atoms with E-state index in [0.717, 1.165) is 25.1 Å². The van der Waals surface area contributed by atoms with E-state index in [-0.39, 0.29) is 22.1 Å². The Morgan fingerprint density at radius 2 is 2.04 bits per heavy atom. The van der Waals surface area contributed by atoms with Crippen molar-refractivity contribution in [3.8, 4) is 6.07 Å². The fourth-order valence-corrected chi connectivity index (χ4v) is 3.02. The van der Waals surface area contributed by atoms with Gasteiger partial charge in [0.2, 0.25) is 5.91 Å². The van der Waals surface area contributed by atoms with Gasteiger partial charge in [0.05, 0.1) is 4.90 Å². The van der Waals surface area contributed by atoms with Crippen molar-refractivity contribution in [2.75, 3.05) is 25.0 Å². The highest BCUT2D eigenvalue weighted by Crippen LogP contribution is 2.14. The molecule has 27 heavy (non-hydrogen) atoms. The molecule has 1 aliphatic heterocycles. The van der Waals surface area contributed by atoms with Crippen molar-refractivity contribution in [2.45, 2.75) is 24.2 Å². The van der Waals surface area contributed by atoms with Crippen LogP contribution in [-0.4, -0.2) is 49.3 Å². The average Bonchev–Trinajstić information content (AvgIpc) is 3.02. The molecule has 0 atom stereocenters. The van der Waals surface area contributed by atoms with Crippen molar-refractivity contribution in [1.29, 1.82) is 5.26 Å². The monoisotopic (exact) mass is 392 g/mol. The standard InChI is InChI=1S/C17H20N4O5S/c18-11-13(12-19-8-2-10-21-9-1-3-16(21)22)17(23)20-14-4-6-15(7-5-14)27(24,25)26/h4-7,12,19H,1-3,8-10H2,(H,20,23)(H,24,25,26)/b13-12-. The molecule has 0 spiro atoms. The normalized spacial score (nSPS) is 14.7. The van der Waals surface area contributed by atoms with Crippen LogP contribution in [0.25, 0.3) is 0 Å². The Morgan fingerprint density at radius 1 is 1.33 bits per heavy atom. The molecule has 3 N–H and O–H groups in total. The van der Waals surface area contributed by atoms with Gasteiger partial charge in [-0.15, -0.1) is 0 Å². The molecule has 1 heterocycles. The molecule has 1 aromatic carbocycles. The Labute approximate surface area is 157 Å². The summed E-state index contributed by atoms with van der Waals surface area (Å²) in [5.41, 5.74) is 0.132. The van der Waals surface area contributed by atoms with Gasteiger partial charge in [-0.3, -0.25) is 14.1 Å². The number of nitrogens with one attached hydrogen (secondary N) is 2. The molecule has 0 saturated carbocycles. The zero-order chi connectivity index (χ0) is 19.9. The highest BCUT2D eigenvalue weighted by molar-refractivity contribution is 7.85. The highest BCUT2D eigenvalue weighted by atomic mass is 32.2. The van der Waals surface area contributed by atoms with Crippen LogP contribution >= 0.6 is 0 Å². The number of likely N-dealkylation sites (tertiary alicyclic amines) is 1. The van der Waals surface area contributed by atoms with E-state index in [0.29, 0.717) is 25.9 Å². The predicted octanol–water partition coefficient (Wildman–Crippen LogP) is 0.881. The summed E-state index contributed by atoms with van der Waals surface area (Å²) in [6.07, 6.45) is 3.47. The Balaban J connectivity index is 1.83. The summed E-state index contributed by atoms with van der Waals surface area (Å²) in [7, 11) is -4.31. The van der Waals surface area contributed by atoms with Crippen LogP contribution in [0.4, 0.5) is 5.69 Å². The number of anilines is 1. The first kappa shape index (κ1) is 20.4. The molecule has 2 amide bonds. The third-order valence-electron chi connectivity index (χ3n) is 3.94. The number of hydrogen-bond acceptors (Lipinski definition) is 6. The van der Waals surface area contributed by atoms with Crippen molar-refractivity contribution in [1.82, 2.24) is 10.2 Å². The predicted molar refractivity (Wildman–Crippen MR) is 97.0 cm³/mol. The molecular weight excluding hydrogens is 372 g/mol. The Morgan fingerprint density at radius 3 is 2.59 bits per heavy atom. The number of carbonyl (C=O) groups is 2. The van der Waals surface area contributed by atoms with Crippen molar-refractivity contribution >= 4 is 27.6 Å². The molecule has 0 aliphatic carbocycles. The molecule has 0 unspecified atom stereocenters. The van der Waals surface area contributed by atoms with Crippen LogP contribution in [0.5, 0.6) is 0 Å². The van der Waals surface area contributed by atoms with Crippen LogP contribution in [0.15, 0.2) is 40.9 Å². The quantitative estimate of drug-likeness (QED) is 0.258. The van der Waals surface area contributed by atoms with E-state index < -0.39 is 16.0 Å². The van der Waals surface area contributed by atoms with Crippen molar-refractivity contribution < 1.29 is 22.6 Å². The van der Waals surface area contributed by atoms with Crippen LogP contribution in [0.1, 0.15) is 19.3 Å². The number of carbonyl (C=O) groups excluding carboxylic acids is 2. The van der Waals surface area contributed by atoms with Gasteiger partial charge < -0.3 is 15.5 Å². The van der Waals surface area contributed by atoms with Gasteiger partial charge in [-0.2, -0.15) is 13.7 Å². The minimum Gasteiger partial charge on any atom is -0.390 e. The lowest BCUT2D eigenvalue weighted by atomic mass is 10.2. The largest absolute Gasteiger partial charge is 0.390 e. The van der Waals surface area contributed by atoms with Gasteiger partial charge in [-0.1, -0.05) is 0 Å². The van der Waals surface area contributed by atoms with Crippen LogP contribution in [-0.2, 0) is 19.7 Å². The van der Waals surface area contributed by atoms with Gasteiger partial charge in [0.15, 0.2) is 0 Å². The minimum atomic E-state index is -4.31. The third kappa shape index (κ3) is 6.09. The lowest BCUT2D eigenvalue weighted by Crippen LogP contribution is -2.27. The van der Waals surface area contributed by atoms with Gasteiger partial charge in [0, 0.05) is 37.9 Å². The number of nitriles is 1. The molecule has 1 fully saturated rings. The smallest absolute Gasteiger partial charge is 0.294 e. The van der Waals surface area contributed by atoms with E-state index in [1.807, 2.05) is 0 Å². The summed E-state index contributed by atoms with van der Waals surface area (Å²) in [6, 6.07) is 6.66. The number of benzene rings is 1. The first-order valence-electron chi connectivity index (χ1n) is 8.31. The van der Waals surface area contributed by atoms with E-state index in [4.69, 9.17) is 9.81 Å². The number of amides is 2. The molecule has 144 valence electrons. The Kier molecular flexibility index (Phi) is 6.92. The highest BCUT2D eigenvalue weighted by Gasteiger charge is 2.18. The summed E-state index contributed by atoms with van der Waals surface area (Å²) >= 11 is 0. The second-order valence-electron chi connectivity index (χ2n) is 5.92. The first-order chi connectivity index (χ1) is 12.8. The van der Waals surface area contributed by atoms with Crippen molar-refractivity contribution in [2.24, 2.45) is 0 Å². The molecule has 2 rings (SSSR count). The number of hydrogen-bond donors (Lipinski definition) is 3. The molecule has 0 aromatic heterocycles. The Hall–Kier alpha value is -2.90. The summed E-state index contributed by atoms with van der Waals surface area (Å²) in [5.74, 6) is -0.498. The van der Waals surface area contributed by atoms with E-state index in [1.54, 1.807) is 11.0 Å². The van der Waals surface area contributed by atoms with Gasteiger partial charge in [-0.25, -0.2) is 0 Å². The summed E-state index contributed by atoms with van der Waals surface area (Å²) in [6.45, 7) is 1.91. The average molecular weight is 392 g/mol. The Bertz CT molecular complexity index is 872. The van der Waals surface area contributed by atoms with Crippen LogP contribution in [0.2, 0.25) is 0 Å². The lowest BCUT2D eigenvalue weighted by Gasteiger charge is -2.14. The summed E-state index contributed by atoms with van der Waals surface area (Å²) in [4.78, 5) is 25.1. The fourth-order valence-electron chi connectivity index (χ4n) is 2.54. The maximum absolute atomic E-state index is 12.1. The zero-order valence-corrected chi connectivity index (χ0v) is 15.3. The SMILES string of the molecule is N#C/C(=C/NCCCN1CCCC1=O)C(=O)Nc1ccc(S(=O)(=O)O)cc1. The second-order valence-corrected chi connectivity index (χ2v) is 7.34. The van der Waals surface area contributed by atoms with Crippen LogP contribution in [0.3, 0.4) is 0 Å². The topological polar surface area (TPSA) is 140 Å². The van der Waals surface area contributed by atoms with Gasteiger partial charge >= 0.3 is 0 Å².